The fraction of sp³-hybridized carbons (Fsp3) is 0.111. The lowest BCUT2D eigenvalue weighted by molar-refractivity contribution is -0.137. The highest BCUT2D eigenvalue weighted by Crippen LogP contribution is 2.30. The van der Waals surface area contributed by atoms with Gasteiger partial charge in [-0.05, 0) is 37.3 Å². The number of anilines is 1. The number of para-hydroxylation sites is 2. The molecule has 134 valence electrons. The number of aromatic hydroxyl groups is 1. The molecule has 0 aliphatic rings. The van der Waals surface area contributed by atoms with E-state index < -0.39 is 17.6 Å². The number of phenolic OH excluding ortho intramolecular Hbond substituents is 1. The fourth-order valence-corrected chi connectivity index (χ4v) is 2.48. The summed E-state index contributed by atoms with van der Waals surface area (Å²) in [5.41, 5.74) is 0.177. The van der Waals surface area contributed by atoms with Crippen molar-refractivity contribution < 1.29 is 23.1 Å². The summed E-state index contributed by atoms with van der Waals surface area (Å²) in [6.07, 6.45) is -3.20. The van der Waals surface area contributed by atoms with Crippen LogP contribution in [0.1, 0.15) is 21.6 Å². The number of alkyl halides is 3. The lowest BCUT2D eigenvalue weighted by atomic mass is 10.2. The van der Waals surface area contributed by atoms with Crippen LogP contribution in [0.4, 0.5) is 18.9 Å². The van der Waals surface area contributed by atoms with Crippen LogP contribution in [0.2, 0.25) is 0 Å². The average molecular weight is 361 g/mol. The third kappa shape index (κ3) is 3.39. The van der Waals surface area contributed by atoms with Gasteiger partial charge in [0, 0.05) is 0 Å². The van der Waals surface area contributed by atoms with Gasteiger partial charge in [-0.25, -0.2) is 4.68 Å². The number of halogens is 3. The van der Waals surface area contributed by atoms with Gasteiger partial charge >= 0.3 is 6.18 Å². The van der Waals surface area contributed by atoms with Gasteiger partial charge in [0.15, 0.2) is 0 Å². The second kappa shape index (κ2) is 6.55. The molecule has 1 amide bonds. The van der Waals surface area contributed by atoms with E-state index in [0.29, 0.717) is 5.69 Å². The Morgan fingerprint density at radius 2 is 1.88 bits per heavy atom. The van der Waals surface area contributed by atoms with E-state index in [4.69, 9.17) is 0 Å². The Morgan fingerprint density at radius 1 is 1.15 bits per heavy atom. The predicted molar refractivity (Wildman–Crippen MR) is 89.4 cm³/mol. The topological polar surface area (TPSA) is 67.2 Å². The van der Waals surface area contributed by atoms with Crippen LogP contribution in [0.25, 0.3) is 5.69 Å². The molecule has 8 heteroatoms. The van der Waals surface area contributed by atoms with Crippen molar-refractivity contribution in [3.8, 4) is 11.4 Å². The van der Waals surface area contributed by atoms with Crippen molar-refractivity contribution in [2.75, 3.05) is 5.32 Å². The van der Waals surface area contributed by atoms with Gasteiger partial charge in [-0.3, -0.25) is 4.79 Å². The summed E-state index contributed by atoms with van der Waals surface area (Å²) in [5, 5.41) is 16.3. The Balaban J connectivity index is 1.91. The van der Waals surface area contributed by atoms with Crippen molar-refractivity contribution >= 4 is 11.6 Å². The first kappa shape index (κ1) is 17.5. The van der Waals surface area contributed by atoms with E-state index in [-0.39, 0.29) is 22.7 Å². The van der Waals surface area contributed by atoms with Gasteiger partial charge in [0.1, 0.15) is 5.75 Å². The Morgan fingerprint density at radius 3 is 2.58 bits per heavy atom. The summed E-state index contributed by atoms with van der Waals surface area (Å²) in [6.45, 7) is 1.58. The highest BCUT2D eigenvalue weighted by molar-refractivity contribution is 6.05. The maximum atomic E-state index is 12.9. The highest BCUT2D eigenvalue weighted by atomic mass is 19.4. The second-order valence-electron chi connectivity index (χ2n) is 5.57. The van der Waals surface area contributed by atoms with Gasteiger partial charge in [0.25, 0.3) is 5.91 Å². The van der Waals surface area contributed by atoms with Crippen molar-refractivity contribution in [2.45, 2.75) is 13.1 Å². The zero-order valence-electron chi connectivity index (χ0n) is 13.6. The van der Waals surface area contributed by atoms with E-state index in [2.05, 4.69) is 10.4 Å². The van der Waals surface area contributed by atoms with Gasteiger partial charge in [0.2, 0.25) is 0 Å². The summed E-state index contributed by atoms with van der Waals surface area (Å²) in [6, 6.07) is 10.9. The molecule has 3 rings (SSSR count). The van der Waals surface area contributed by atoms with Gasteiger partial charge in [-0.15, -0.1) is 0 Å². The standard InChI is InChI=1S/C18H14F3N3O2/c1-11-14(17(26)23-15-7-2-3-8-16(15)25)10-22-24(11)13-6-4-5-12(9-13)18(19,20)21/h2-10,25H,1H3,(H,23,26). The molecule has 0 saturated carbocycles. The summed E-state index contributed by atoms with van der Waals surface area (Å²) in [7, 11) is 0. The first-order chi connectivity index (χ1) is 12.3. The number of rotatable bonds is 3. The van der Waals surface area contributed by atoms with Crippen molar-refractivity contribution in [1.29, 1.82) is 0 Å². The van der Waals surface area contributed by atoms with Gasteiger partial charge in [-0.1, -0.05) is 18.2 Å². The van der Waals surface area contributed by atoms with Crippen LogP contribution >= 0.6 is 0 Å². The van der Waals surface area contributed by atoms with Gasteiger partial charge in [0.05, 0.1) is 34.4 Å². The molecule has 26 heavy (non-hydrogen) atoms. The number of nitrogens with one attached hydrogen (secondary N) is 1. The molecular formula is C18H14F3N3O2. The number of nitrogens with zero attached hydrogens (tertiary/aromatic N) is 2. The summed E-state index contributed by atoms with van der Waals surface area (Å²) >= 11 is 0. The van der Waals surface area contributed by atoms with Crippen LogP contribution in [0.15, 0.2) is 54.7 Å². The molecule has 0 aliphatic heterocycles. The molecule has 0 fully saturated rings. The molecular weight excluding hydrogens is 347 g/mol. The number of amides is 1. The molecule has 1 heterocycles. The van der Waals surface area contributed by atoms with E-state index in [1.165, 1.54) is 35.1 Å². The van der Waals surface area contributed by atoms with Gasteiger partial charge in [-0.2, -0.15) is 18.3 Å². The highest BCUT2D eigenvalue weighted by Gasteiger charge is 2.30. The normalized spacial score (nSPS) is 11.4. The van der Waals surface area contributed by atoms with Crippen LogP contribution < -0.4 is 5.32 Å². The molecule has 0 atom stereocenters. The van der Waals surface area contributed by atoms with Crippen LogP contribution in [-0.2, 0) is 6.18 Å². The molecule has 3 aromatic rings. The van der Waals surface area contributed by atoms with E-state index in [1.807, 2.05) is 0 Å². The third-order valence-corrected chi connectivity index (χ3v) is 3.82. The van der Waals surface area contributed by atoms with E-state index in [9.17, 15) is 23.1 Å². The Labute approximate surface area is 146 Å². The van der Waals surface area contributed by atoms with Gasteiger partial charge < -0.3 is 10.4 Å². The molecule has 5 nitrogen and oxygen atoms in total. The minimum atomic E-state index is -4.47. The Bertz CT molecular complexity index is 964. The molecule has 0 radical (unpaired) electrons. The Hall–Kier alpha value is -3.29. The van der Waals surface area contributed by atoms with E-state index >= 15 is 0 Å². The third-order valence-electron chi connectivity index (χ3n) is 3.82. The molecule has 0 aliphatic carbocycles. The number of phenols is 1. The van der Waals surface area contributed by atoms with Crippen LogP contribution in [-0.4, -0.2) is 20.8 Å². The molecule has 0 spiro atoms. The molecule has 0 bridgehead atoms. The maximum absolute atomic E-state index is 12.9. The summed E-state index contributed by atoms with van der Waals surface area (Å²) < 4.78 is 39.9. The number of carbonyl (C=O) groups excluding carboxylic acids is 1. The lowest BCUT2D eigenvalue weighted by Crippen LogP contribution is -2.13. The van der Waals surface area contributed by atoms with Crippen molar-refractivity contribution in [2.24, 2.45) is 0 Å². The number of hydrogen-bond donors (Lipinski definition) is 2. The van der Waals surface area contributed by atoms with Crippen LogP contribution in [0, 0.1) is 6.92 Å². The maximum Gasteiger partial charge on any atom is 0.416 e. The lowest BCUT2D eigenvalue weighted by Gasteiger charge is -2.10. The second-order valence-corrected chi connectivity index (χ2v) is 5.57. The summed E-state index contributed by atoms with van der Waals surface area (Å²) in [5.74, 6) is -0.619. The summed E-state index contributed by atoms with van der Waals surface area (Å²) in [4.78, 5) is 12.4. The SMILES string of the molecule is Cc1c(C(=O)Nc2ccccc2O)cnn1-c1cccc(C(F)(F)F)c1. The molecule has 2 N–H and O–H groups in total. The first-order valence-electron chi connectivity index (χ1n) is 7.59. The van der Waals surface area contributed by atoms with Crippen molar-refractivity contribution in [1.82, 2.24) is 9.78 Å². The Kier molecular flexibility index (Phi) is 4.41. The number of carbonyl (C=O) groups is 1. The molecule has 0 saturated heterocycles. The smallest absolute Gasteiger partial charge is 0.416 e. The van der Waals surface area contributed by atoms with Crippen molar-refractivity contribution in [3.05, 3.63) is 71.5 Å². The predicted octanol–water partition coefficient (Wildman–Crippen LogP) is 4.16. The fourth-order valence-electron chi connectivity index (χ4n) is 2.48. The minimum absolute atomic E-state index is 0.0937. The molecule has 2 aromatic carbocycles. The zero-order valence-corrected chi connectivity index (χ0v) is 13.6. The monoisotopic (exact) mass is 361 g/mol. The van der Waals surface area contributed by atoms with Crippen LogP contribution in [0.3, 0.4) is 0 Å². The van der Waals surface area contributed by atoms with E-state index in [0.717, 1.165) is 12.1 Å². The number of aromatic nitrogens is 2. The first-order valence-corrected chi connectivity index (χ1v) is 7.59. The molecule has 0 unspecified atom stereocenters. The zero-order chi connectivity index (χ0) is 18.9. The number of hydrogen-bond acceptors (Lipinski definition) is 3. The molecule has 1 aromatic heterocycles. The van der Waals surface area contributed by atoms with Crippen LogP contribution in [0.5, 0.6) is 5.75 Å². The minimum Gasteiger partial charge on any atom is -0.506 e. The average Bonchev–Trinajstić information content (AvgIpc) is 2.98. The van der Waals surface area contributed by atoms with Crippen molar-refractivity contribution in [3.63, 3.8) is 0 Å². The number of benzene rings is 2. The van der Waals surface area contributed by atoms with E-state index in [1.54, 1.807) is 19.1 Å². The largest absolute Gasteiger partial charge is 0.506 e. The quantitative estimate of drug-likeness (QED) is 0.689.